The van der Waals surface area contributed by atoms with Crippen molar-refractivity contribution in [3.05, 3.63) is 46.9 Å². The number of ether oxygens (including phenoxy) is 1. The molecule has 1 aromatic heterocycles. The molecule has 9 heteroatoms. The van der Waals surface area contributed by atoms with Crippen molar-refractivity contribution >= 4 is 5.82 Å². The second-order valence-corrected chi connectivity index (χ2v) is 3.62. The predicted molar refractivity (Wildman–Crippen MR) is 57.0 cm³/mol. The Balaban J connectivity index is 2.25. The summed E-state index contributed by atoms with van der Waals surface area (Å²) in [6, 6.07) is -0.423. The largest absolute Gasteiger partial charge is 0.458 e. The van der Waals surface area contributed by atoms with Crippen LogP contribution in [0.25, 0.3) is 0 Å². The highest BCUT2D eigenvalue weighted by Crippen LogP contribution is 2.20. The molecule has 0 spiro atoms. The molecule has 0 aliphatic rings. The maximum Gasteiger partial charge on any atom is 0.318 e. The van der Waals surface area contributed by atoms with E-state index >= 15 is 0 Å². The first kappa shape index (κ1) is 14.0. The van der Waals surface area contributed by atoms with E-state index in [0.717, 1.165) is 0 Å². The lowest BCUT2D eigenvalue weighted by Gasteiger charge is -2.08. The summed E-state index contributed by atoms with van der Waals surface area (Å²) in [5.74, 6) is -7.78. The Morgan fingerprint density at radius 1 is 1.00 bits per heavy atom. The zero-order valence-electron chi connectivity index (χ0n) is 9.63. The van der Waals surface area contributed by atoms with Gasteiger partial charge in [0.15, 0.2) is 34.9 Å². The van der Waals surface area contributed by atoms with Crippen LogP contribution in [0.2, 0.25) is 0 Å². The van der Waals surface area contributed by atoms with E-state index in [2.05, 4.69) is 9.97 Å². The second-order valence-electron chi connectivity index (χ2n) is 3.62. The lowest BCUT2D eigenvalue weighted by Crippen LogP contribution is -2.08. The third kappa shape index (κ3) is 2.60. The molecule has 0 bridgehead atoms. The van der Waals surface area contributed by atoms with Gasteiger partial charge >= 0.3 is 6.01 Å². The molecule has 1 aromatic carbocycles. The quantitative estimate of drug-likeness (QED) is 0.696. The first-order valence-corrected chi connectivity index (χ1v) is 5.12. The van der Waals surface area contributed by atoms with Gasteiger partial charge in [-0.3, -0.25) is 0 Å². The third-order valence-corrected chi connectivity index (χ3v) is 2.30. The number of benzene rings is 1. The molecule has 1 heterocycles. The summed E-state index contributed by atoms with van der Waals surface area (Å²) < 4.78 is 69.9. The number of hydrogen-bond acceptors (Lipinski definition) is 4. The van der Waals surface area contributed by atoms with Crippen LogP contribution in [0, 0.1) is 29.1 Å². The zero-order valence-corrected chi connectivity index (χ0v) is 9.63. The van der Waals surface area contributed by atoms with Gasteiger partial charge in [0.25, 0.3) is 0 Å². The number of hydrogen-bond donors (Lipinski definition) is 1. The van der Waals surface area contributed by atoms with E-state index < -0.39 is 53.1 Å². The van der Waals surface area contributed by atoms with Crippen LogP contribution in [0.5, 0.6) is 6.01 Å². The first-order chi connectivity index (χ1) is 9.40. The Labute approximate surface area is 109 Å². The highest BCUT2D eigenvalue weighted by molar-refractivity contribution is 5.29. The van der Waals surface area contributed by atoms with Gasteiger partial charge in [0, 0.05) is 6.07 Å². The monoisotopic (exact) mass is 291 g/mol. The normalized spacial score (nSPS) is 10.7. The van der Waals surface area contributed by atoms with Gasteiger partial charge in [-0.05, 0) is 0 Å². The molecule has 0 amide bonds. The van der Waals surface area contributed by atoms with Gasteiger partial charge in [-0.25, -0.2) is 26.9 Å². The number of nitrogens with zero attached hydrogens (tertiary/aromatic N) is 2. The number of nitrogen functional groups attached to an aromatic ring is 1. The highest BCUT2D eigenvalue weighted by Gasteiger charge is 2.20. The maximum atomic E-state index is 13.3. The van der Waals surface area contributed by atoms with Crippen molar-refractivity contribution in [2.45, 2.75) is 6.61 Å². The maximum absolute atomic E-state index is 13.3. The summed E-state index contributed by atoms with van der Waals surface area (Å²) >= 11 is 0. The van der Waals surface area contributed by atoms with Crippen LogP contribution < -0.4 is 10.5 Å². The lowest BCUT2D eigenvalue weighted by molar-refractivity contribution is 0.263. The topological polar surface area (TPSA) is 61.0 Å². The van der Waals surface area contributed by atoms with Crippen LogP contribution >= 0.6 is 0 Å². The summed E-state index contributed by atoms with van der Waals surface area (Å²) in [6.07, 6.45) is 0.677. The summed E-state index contributed by atoms with van der Waals surface area (Å²) in [6.45, 7) is -0.891. The van der Waals surface area contributed by atoms with E-state index in [1.165, 1.54) is 0 Å². The number of rotatable bonds is 3. The molecule has 0 radical (unpaired) electrons. The Bertz CT molecular complexity index is 639. The minimum atomic E-state index is -1.60. The molecule has 0 fully saturated rings. The Hall–Kier alpha value is -2.45. The molecule has 0 unspecified atom stereocenters. The number of halogens is 5. The smallest absolute Gasteiger partial charge is 0.318 e. The van der Waals surface area contributed by atoms with Gasteiger partial charge in [0.05, 0.1) is 11.8 Å². The van der Waals surface area contributed by atoms with Crippen LogP contribution in [0.1, 0.15) is 5.56 Å². The van der Waals surface area contributed by atoms with Crippen LogP contribution in [-0.4, -0.2) is 9.97 Å². The summed E-state index contributed by atoms with van der Waals surface area (Å²) in [7, 11) is 0. The average Bonchev–Trinajstić information content (AvgIpc) is 2.40. The van der Waals surface area contributed by atoms with Gasteiger partial charge in [-0.15, -0.1) is 0 Å². The molecule has 106 valence electrons. The van der Waals surface area contributed by atoms with Crippen molar-refractivity contribution in [2.75, 3.05) is 5.73 Å². The number of anilines is 1. The fourth-order valence-corrected chi connectivity index (χ4v) is 1.32. The third-order valence-electron chi connectivity index (χ3n) is 2.30. The molecule has 2 N–H and O–H groups in total. The fraction of sp³-hybridized carbons (Fsp3) is 0.0909. The van der Waals surface area contributed by atoms with Gasteiger partial charge < -0.3 is 10.5 Å². The predicted octanol–water partition coefficient (Wildman–Crippen LogP) is 2.33. The summed E-state index contributed by atoms with van der Waals surface area (Å²) in [5, 5.41) is 0. The molecule has 0 aliphatic carbocycles. The molecule has 2 rings (SSSR count). The molecular weight excluding hydrogens is 285 g/mol. The van der Waals surface area contributed by atoms with Gasteiger partial charge in [-0.2, -0.15) is 4.98 Å². The van der Waals surface area contributed by atoms with E-state index in [-0.39, 0.29) is 6.07 Å². The van der Waals surface area contributed by atoms with E-state index in [1.54, 1.807) is 0 Å². The molecule has 0 atom stereocenters. The van der Waals surface area contributed by atoms with Gasteiger partial charge in [0.1, 0.15) is 6.61 Å². The van der Waals surface area contributed by atoms with Crippen LogP contribution in [-0.2, 0) is 6.61 Å². The summed E-state index contributed by atoms with van der Waals surface area (Å²) in [5.41, 5.74) is 4.15. The van der Waals surface area contributed by atoms with E-state index in [1.807, 2.05) is 0 Å². The van der Waals surface area contributed by atoms with Crippen molar-refractivity contribution in [1.29, 1.82) is 0 Å². The standard InChI is InChI=1S/C11H6F5N3O/c12-5-1-6(13)9(16)4(8(5)15)3-20-11-18-2-7(14)10(17)19-11/h1-2H,3H2,(H2,17,18,19). The van der Waals surface area contributed by atoms with Crippen molar-refractivity contribution in [3.8, 4) is 6.01 Å². The van der Waals surface area contributed by atoms with E-state index in [4.69, 9.17) is 10.5 Å². The second kappa shape index (κ2) is 5.27. The molecule has 0 aliphatic heterocycles. The molecule has 4 nitrogen and oxygen atoms in total. The summed E-state index contributed by atoms with van der Waals surface area (Å²) in [4.78, 5) is 6.67. The van der Waals surface area contributed by atoms with Gasteiger partial charge in [-0.1, -0.05) is 0 Å². The van der Waals surface area contributed by atoms with Gasteiger partial charge in [0.2, 0.25) is 0 Å². The minimum absolute atomic E-state index is 0.0700. The molecule has 0 saturated heterocycles. The highest BCUT2D eigenvalue weighted by atomic mass is 19.2. The van der Waals surface area contributed by atoms with Crippen LogP contribution in [0.15, 0.2) is 12.3 Å². The average molecular weight is 291 g/mol. The molecule has 0 saturated carbocycles. The number of nitrogens with two attached hydrogens (primary N) is 1. The zero-order chi connectivity index (χ0) is 14.9. The van der Waals surface area contributed by atoms with E-state index in [0.29, 0.717) is 6.20 Å². The van der Waals surface area contributed by atoms with Crippen molar-refractivity contribution in [3.63, 3.8) is 0 Å². The van der Waals surface area contributed by atoms with Crippen LogP contribution in [0.4, 0.5) is 27.8 Å². The Kier molecular flexibility index (Phi) is 3.68. The molecule has 2 aromatic rings. The molecule has 20 heavy (non-hydrogen) atoms. The SMILES string of the molecule is Nc1nc(OCc2c(F)c(F)cc(F)c2F)ncc1F. The minimum Gasteiger partial charge on any atom is -0.458 e. The number of aromatic nitrogens is 2. The van der Waals surface area contributed by atoms with Crippen LogP contribution in [0.3, 0.4) is 0 Å². The fourth-order valence-electron chi connectivity index (χ4n) is 1.32. The van der Waals surface area contributed by atoms with Crippen molar-refractivity contribution in [1.82, 2.24) is 9.97 Å². The molecular formula is C11H6F5N3O. The Morgan fingerprint density at radius 3 is 2.15 bits per heavy atom. The lowest BCUT2D eigenvalue weighted by atomic mass is 10.2. The Morgan fingerprint density at radius 2 is 1.60 bits per heavy atom. The van der Waals surface area contributed by atoms with Crippen molar-refractivity contribution in [2.24, 2.45) is 0 Å². The van der Waals surface area contributed by atoms with E-state index in [9.17, 15) is 22.0 Å². The van der Waals surface area contributed by atoms with Crippen molar-refractivity contribution < 1.29 is 26.7 Å². The first-order valence-electron chi connectivity index (χ1n) is 5.12.